The number of ether oxygens (including phenoxy) is 1. The van der Waals surface area contributed by atoms with Gasteiger partial charge in [-0.05, 0) is 30.5 Å². The molecule has 1 aromatic carbocycles. The lowest BCUT2D eigenvalue weighted by Crippen LogP contribution is -2.01. The number of methoxy groups -OCH3 is 1. The van der Waals surface area contributed by atoms with Crippen LogP contribution in [0.4, 0.5) is 0 Å². The standard InChI is InChI=1S/C15H18N2OS/c1-10(2)8-11-9-14(19)17-15(16-11)12-6-4-5-7-13(12)18-3/h4-7,9-10H,8H2,1-3H3,(H,16,17,19). The zero-order chi connectivity index (χ0) is 13.8. The van der Waals surface area contributed by atoms with Crippen LogP contribution >= 0.6 is 12.2 Å². The van der Waals surface area contributed by atoms with Crippen LogP contribution in [0, 0.1) is 10.6 Å². The third-order valence-electron chi connectivity index (χ3n) is 2.79. The number of aromatic amines is 1. The van der Waals surface area contributed by atoms with E-state index in [1.807, 2.05) is 30.3 Å². The zero-order valence-corrected chi connectivity index (χ0v) is 12.3. The Morgan fingerprint density at radius 3 is 2.74 bits per heavy atom. The van der Waals surface area contributed by atoms with Crippen molar-refractivity contribution in [3.8, 4) is 17.1 Å². The van der Waals surface area contributed by atoms with Gasteiger partial charge in [-0.3, -0.25) is 0 Å². The number of nitrogens with zero attached hydrogens (tertiary/aromatic N) is 1. The number of para-hydroxylation sites is 1. The van der Waals surface area contributed by atoms with Crippen LogP contribution in [0.1, 0.15) is 19.5 Å². The summed E-state index contributed by atoms with van der Waals surface area (Å²) in [5.41, 5.74) is 2.04. The number of aromatic nitrogens is 2. The van der Waals surface area contributed by atoms with Gasteiger partial charge in [0.25, 0.3) is 0 Å². The summed E-state index contributed by atoms with van der Waals surface area (Å²) in [6.45, 7) is 4.36. The average molecular weight is 274 g/mol. The highest BCUT2D eigenvalue weighted by atomic mass is 32.1. The van der Waals surface area contributed by atoms with E-state index in [2.05, 4.69) is 23.8 Å². The van der Waals surface area contributed by atoms with Crippen molar-refractivity contribution in [2.24, 2.45) is 5.92 Å². The van der Waals surface area contributed by atoms with Crippen LogP contribution in [0.25, 0.3) is 11.4 Å². The van der Waals surface area contributed by atoms with Gasteiger partial charge in [0.05, 0.1) is 12.7 Å². The Kier molecular flexibility index (Phi) is 4.32. The summed E-state index contributed by atoms with van der Waals surface area (Å²) >= 11 is 5.25. The first-order valence-corrected chi connectivity index (χ1v) is 6.74. The molecule has 2 aromatic rings. The van der Waals surface area contributed by atoms with Crippen LogP contribution in [0.15, 0.2) is 30.3 Å². The second-order valence-electron chi connectivity index (χ2n) is 4.89. The molecule has 2 rings (SSSR count). The van der Waals surface area contributed by atoms with E-state index < -0.39 is 0 Å². The summed E-state index contributed by atoms with van der Waals surface area (Å²) in [5, 5.41) is 0. The van der Waals surface area contributed by atoms with Gasteiger partial charge in [-0.15, -0.1) is 0 Å². The van der Waals surface area contributed by atoms with Crippen LogP contribution < -0.4 is 4.74 Å². The summed E-state index contributed by atoms with van der Waals surface area (Å²) < 4.78 is 5.97. The third-order valence-corrected chi connectivity index (χ3v) is 3.00. The smallest absolute Gasteiger partial charge is 0.142 e. The van der Waals surface area contributed by atoms with E-state index >= 15 is 0 Å². The van der Waals surface area contributed by atoms with Crippen molar-refractivity contribution in [1.82, 2.24) is 9.97 Å². The summed E-state index contributed by atoms with van der Waals surface area (Å²) in [7, 11) is 1.66. The molecule has 0 atom stereocenters. The fourth-order valence-electron chi connectivity index (χ4n) is 2.03. The maximum Gasteiger partial charge on any atom is 0.142 e. The molecule has 0 fully saturated rings. The van der Waals surface area contributed by atoms with Crippen molar-refractivity contribution in [3.63, 3.8) is 0 Å². The molecule has 3 nitrogen and oxygen atoms in total. The Bertz CT molecular complexity index is 620. The lowest BCUT2D eigenvalue weighted by molar-refractivity contribution is 0.416. The molecule has 0 bridgehead atoms. The molecule has 1 heterocycles. The molecule has 19 heavy (non-hydrogen) atoms. The van der Waals surface area contributed by atoms with E-state index in [1.165, 1.54) is 0 Å². The largest absolute Gasteiger partial charge is 0.496 e. The SMILES string of the molecule is COc1ccccc1-c1nc(=S)cc(CC(C)C)[nH]1. The molecule has 1 aromatic heterocycles. The lowest BCUT2D eigenvalue weighted by Gasteiger charge is -2.10. The molecule has 0 amide bonds. The molecule has 4 heteroatoms. The number of hydrogen-bond donors (Lipinski definition) is 1. The summed E-state index contributed by atoms with van der Waals surface area (Å²) in [6.07, 6.45) is 0.953. The molecular formula is C15H18N2OS. The van der Waals surface area contributed by atoms with Crippen LogP contribution in [-0.2, 0) is 6.42 Å². The van der Waals surface area contributed by atoms with E-state index in [0.717, 1.165) is 29.3 Å². The molecule has 0 radical (unpaired) electrons. The monoisotopic (exact) mass is 274 g/mol. The molecule has 0 aliphatic rings. The summed E-state index contributed by atoms with van der Waals surface area (Å²) in [5.74, 6) is 2.13. The van der Waals surface area contributed by atoms with Crippen LogP contribution in [-0.4, -0.2) is 17.1 Å². The molecule has 0 aliphatic heterocycles. The molecule has 100 valence electrons. The van der Waals surface area contributed by atoms with Gasteiger partial charge >= 0.3 is 0 Å². The minimum atomic E-state index is 0.568. The second kappa shape index (κ2) is 5.97. The number of H-pyrrole nitrogens is 1. The van der Waals surface area contributed by atoms with Gasteiger partial charge in [0.1, 0.15) is 16.2 Å². The number of hydrogen-bond acceptors (Lipinski definition) is 3. The van der Waals surface area contributed by atoms with Gasteiger partial charge in [-0.1, -0.05) is 38.2 Å². The molecule has 1 N–H and O–H groups in total. The Morgan fingerprint density at radius 1 is 1.32 bits per heavy atom. The maximum absolute atomic E-state index is 5.37. The minimum absolute atomic E-state index is 0.568. The Balaban J connectivity index is 2.50. The van der Waals surface area contributed by atoms with Crippen LogP contribution in [0.3, 0.4) is 0 Å². The molecule has 0 aliphatic carbocycles. The van der Waals surface area contributed by atoms with Gasteiger partial charge < -0.3 is 9.72 Å². The normalized spacial score (nSPS) is 10.7. The van der Waals surface area contributed by atoms with E-state index in [9.17, 15) is 0 Å². The van der Waals surface area contributed by atoms with E-state index in [-0.39, 0.29) is 0 Å². The first-order chi connectivity index (χ1) is 9.10. The highest BCUT2D eigenvalue weighted by Gasteiger charge is 2.08. The van der Waals surface area contributed by atoms with Gasteiger partial charge in [0.2, 0.25) is 0 Å². The Hall–Kier alpha value is -1.68. The highest BCUT2D eigenvalue weighted by Crippen LogP contribution is 2.26. The Morgan fingerprint density at radius 2 is 2.05 bits per heavy atom. The van der Waals surface area contributed by atoms with Crippen molar-refractivity contribution in [2.45, 2.75) is 20.3 Å². The average Bonchev–Trinajstić information content (AvgIpc) is 2.37. The second-order valence-corrected chi connectivity index (χ2v) is 5.31. The quantitative estimate of drug-likeness (QED) is 0.856. The van der Waals surface area contributed by atoms with E-state index in [1.54, 1.807) is 7.11 Å². The van der Waals surface area contributed by atoms with Crippen molar-refractivity contribution < 1.29 is 4.74 Å². The van der Waals surface area contributed by atoms with Crippen molar-refractivity contribution in [1.29, 1.82) is 0 Å². The Labute approximate surface area is 118 Å². The highest BCUT2D eigenvalue weighted by molar-refractivity contribution is 7.71. The number of nitrogens with one attached hydrogen (secondary N) is 1. The van der Waals surface area contributed by atoms with Crippen molar-refractivity contribution >= 4 is 12.2 Å². The number of rotatable bonds is 4. The van der Waals surface area contributed by atoms with Gasteiger partial charge in [-0.2, -0.15) is 0 Å². The van der Waals surface area contributed by atoms with Crippen molar-refractivity contribution in [3.05, 3.63) is 40.7 Å². The minimum Gasteiger partial charge on any atom is -0.496 e. The predicted octanol–water partition coefficient (Wildman–Crippen LogP) is 4.01. The number of benzene rings is 1. The predicted molar refractivity (Wildman–Crippen MR) is 80.0 cm³/mol. The van der Waals surface area contributed by atoms with Crippen molar-refractivity contribution in [2.75, 3.05) is 7.11 Å². The summed E-state index contributed by atoms with van der Waals surface area (Å²) in [6, 6.07) is 9.73. The molecule has 0 saturated heterocycles. The summed E-state index contributed by atoms with van der Waals surface area (Å²) in [4.78, 5) is 7.75. The van der Waals surface area contributed by atoms with Gasteiger partial charge in [0.15, 0.2) is 0 Å². The van der Waals surface area contributed by atoms with Crippen LogP contribution in [0.2, 0.25) is 0 Å². The fourth-order valence-corrected chi connectivity index (χ4v) is 2.26. The topological polar surface area (TPSA) is 37.9 Å². The lowest BCUT2D eigenvalue weighted by atomic mass is 10.1. The van der Waals surface area contributed by atoms with E-state index in [4.69, 9.17) is 17.0 Å². The third kappa shape index (κ3) is 3.41. The molecule has 0 unspecified atom stereocenters. The molecule has 0 spiro atoms. The zero-order valence-electron chi connectivity index (χ0n) is 11.4. The maximum atomic E-state index is 5.37. The van der Waals surface area contributed by atoms with E-state index in [0.29, 0.717) is 10.6 Å². The molecule has 0 saturated carbocycles. The first kappa shape index (κ1) is 13.7. The van der Waals surface area contributed by atoms with Gasteiger partial charge in [0, 0.05) is 5.69 Å². The first-order valence-electron chi connectivity index (χ1n) is 6.33. The fraction of sp³-hybridized carbons (Fsp3) is 0.333. The van der Waals surface area contributed by atoms with Crippen LogP contribution in [0.5, 0.6) is 5.75 Å². The molecular weight excluding hydrogens is 256 g/mol. The van der Waals surface area contributed by atoms with Gasteiger partial charge in [-0.25, -0.2) is 4.98 Å².